The monoisotopic (exact) mass is 235 g/mol. The normalized spacial score (nSPS) is 20.6. The van der Waals surface area contributed by atoms with Gasteiger partial charge in [-0.1, -0.05) is 19.8 Å². The summed E-state index contributed by atoms with van der Waals surface area (Å²) in [4.78, 5) is 0. The molecule has 0 amide bonds. The Labute approximate surface area is 105 Å². The zero-order valence-corrected chi connectivity index (χ0v) is 11.4. The van der Waals surface area contributed by atoms with Crippen LogP contribution in [0.1, 0.15) is 63.5 Å². The quantitative estimate of drug-likeness (QED) is 0.827. The highest BCUT2D eigenvalue weighted by Gasteiger charge is 2.32. The summed E-state index contributed by atoms with van der Waals surface area (Å²) in [5.41, 5.74) is 0.551. The molecule has 17 heavy (non-hydrogen) atoms. The number of rotatable bonds is 5. The van der Waals surface area contributed by atoms with Gasteiger partial charge in [-0.25, -0.2) is 0 Å². The maximum Gasteiger partial charge on any atom is 0.120 e. The van der Waals surface area contributed by atoms with E-state index in [1.165, 1.54) is 32.1 Å². The molecule has 1 unspecified atom stereocenters. The molecule has 2 nitrogen and oxygen atoms in total. The molecule has 96 valence electrons. The van der Waals surface area contributed by atoms with E-state index in [0.29, 0.717) is 11.5 Å². The van der Waals surface area contributed by atoms with E-state index in [1.807, 2.05) is 13.0 Å². The van der Waals surface area contributed by atoms with E-state index in [4.69, 9.17) is 4.42 Å². The number of hydrogen-bond donors (Lipinski definition) is 1. The second-order valence-corrected chi connectivity index (χ2v) is 5.61. The molecule has 2 rings (SSSR count). The highest BCUT2D eigenvalue weighted by Crippen LogP contribution is 2.40. The maximum atomic E-state index is 5.66. The number of furan rings is 1. The molecule has 1 saturated carbocycles. The van der Waals surface area contributed by atoms with Crippen LogP contribution in [0.15, 0.2) is 16.5 Å². The van der Waals surface area contributed by atoms with Gasteiger partial charge in [-0.05, 0) is 50.7 Å². The van der Waals surface area contributed by atoms with Crippen molar-refractivity contribution in [2.45, 2.75) is 58.9 Å². The lowest BCUT2D eigenvalue weighted by Gasteiger charge is -2.29. The van der Waals surface area contributed by atoms with E-state index >= 15 is 0 Å². The van der Waals surface area contributed by atoms with Gasteiger partial charge in [0.05, 0.1) is 6.04 Å². The fourth-order valence-corrected chi connectivity index (χ4v) is 2.94. The molecule has 1 aromatic rings. The highest BCUT2D eigenvalue weighted by atomic mass is 16.3. The number of hydrogen-bond acceptors (Lipinski definition) is 2. The standard InChI is InChI=1S/C15H25NO/c1-4-15(9-5-6-10-15)11-16-13(3)14-8-7-12(2)17-14/h7-8,13,16H,4-6,9-11H2,1-3H3. The third kappa shape index (κ3) is 2.92. The van der Waals surface area contributed by atoms with Crippen LogP contribution in [0.3, 0.4) is 0 Å². The second kappa shape index (κ2) is 5.26. The molecule has 1 N–H and O–H groups in total. The smallest absolute Gasteiger partial charge is 0.120 e. The Balaban J connectivity index is 1.89. The first-order chi connectivity index (χ1) is 8.15. The van der Waals surface area contributed by atoms with Crippen LogP contribution in [0.25, 0.3) is 0 Å². The first-order valence-electron chi connectivity index (χ1n) is 6.95. The third-order valence-corrected chi connectivity index (χ3v) is 4.39. The first kappa shape index (κ1) is 12.7. The number of nitrogens with one attached hydrogen (secondary N) is 1. The van der Waals surface area contributed by atoms with Crippen LogP contribution >= 0.6 is 0 Å². The molecule has 0 saturated heterocycles. The van der Waals surface area contributed by atoms with Crippen molar-refractivity contribution in [1.29, 1.82) is 0 Å². The zero-order chi connectivity index (χ0) is 12.3. The summed E-state index contributed by atoms with van der Waals surface area (Å²) < 4.78 is 5.66. The minimum absolute atomic E-state index is 0.327. The molecule has 1 aromatic heterocycles. The molecule has 0 radical (unpaired) electrons. The Morgan fingerprint density at radius 1 is 1.35 bits per heavy atom. The fourth-order valence-electron chi connectivity index (χ4n) is 2.94. The Kier molecular flexibility index (Phi) is 3.93. The van der Waals surface area contributed by atoms with Gasteiger partial charge < -0.3 is 9.73 Å². The van der Waals surface area contributed by atoms with Gasteiger partial charge in [0, 0.05) is 6.54 Å². The summed E-state index contributed by atoms with van der Waals surface area (Å²) in [6.07, 6.45) is 6.89. The molecule has 1 aliphatic rings. The summed E-state index contributed by atoms with van der Waals surface area (Å²) in [5.74, 6) is 2.06. The molecule has 2 heteroatoms. The summed E-state index contributed by atoms with van der Waals surface area (Å²) in [5, 5.41) is 3.65. The summed E-state index contributed by atoms with van der Waals surface area (Å²) in [6, 6.07) is 4.45. The molecule has 0 aromatic carbocycles. The van der Waals surface area contributed by atoms with E-state index in [-0.39, 0.29) is 0 Å². The van der Waals surface area contributed by atoms with Gasteiger partial charge in [0.1, 0.15) is 11.5 Å². The average molecular weight is 235 g/mol. The van der Waals surface area contributed by atoms with Crippen LogP contribution in [-0.2, 0) is 0 Å². The van der Waals surface area contributed by atoms with Gasteiger partial charge >= 0.3 is 0 Å². The molecule has 1 heterocycles. The van der Waals surface area contributed by atoms with Crippen LogP contribution in [0.4, 0.5) is 0 Å². The Hall–Kier alpha value is -0.760. The molecule has 0 bridgehead atoms. The summed E-state index contributed by atoms with van der Waals surface area (Å²) in [7, 11) is 0. The van der Waals surface area contributed by atoms with Gasteiger partial charge in [0.15, 0.2) is 0 Å². The predicted molar refractivity (Wildman–Crippen MR) is 71.1 cm³/mol. The van der Waals surface area contributed by atoms with E-state index in [2.05, 4.69) is 25.2 Å². The molecule has 0 spiro atoms. The lowest BCUT2D eigenvalue weighted by atomic mass is 9.83. The molecule has 1 atom stereocenters. The van der Waals surface area contributed by atoms with Crippen molar-refractivity contribution in [3.05, 3.63) is 23.7 Å². The predicted octanol–water partition coefficient (Wildman–Crippen LogP) is 4.21. The zero-order valence-electron chi connectivity index (χ0n) is 11.4. The molecular weight excluding hydrogens is 210 g/mol. The fraction of sp³-hybridized carbons (Fsp3) is 0.733. The van der Waals surface area contributed by atoms with Gasteiger partial charge in [-0.2, -0.15) is 0 Å². The molecule has 1 aliphatic carbocycles. The Morgan fingerprint density at radius 2 is 2.06 bits per heavy atom. The van der Waals surface area contributed by atoms with Crippen molar-refractivity contribution in [2.24, 2.45) is 5.41 Å². The van der Waals surface area contributed by atoms with Crippen LogP contribution in [-0.4, -0.2) is 6.54 Å². The van der Waals surface area contributed by atoms with Gasteiger partial charge in [-0.3, -0.25) is 0 Å². The minimum Gasteiger partial charge on any atom is -0.465 e. The third-order valence-electron chi connectivity index (χ3n) is 4.39. The van der Waals surface area contributed by atoms with Gasteiger partial charge in [0.25, 0.3) is 0 Å². The van der Waals surface area contributed by atoms with Crippen molar-refractivity contribution < 1.29 is 4.42 Å². The molecule has 0 aliphatic heterocycles. The van der Waals surface area contributed by atoms with Crippen molar-refractivity contribution >= 4 is 0 Å². The van der Waals surface area contributed by atoms with Crippen LogP contribution < -0.4 is 5.32 Å². The Morgan fingerprint density at radius 3 is 2.59 bits per heavy atom. The lowest BCUT2D eigenvalue weighted by Crippen LogP contribution is -2.33. The van der Waals surface area contributed by atoms with E-state index < -0.39 is 0 Å². The molecular formula is C15H25NO. The Bertz CT molecular complexity index is 350. The maximum absolute atomic E-state index is 5.66. The van der Waals surface area contributed by atoms with Crippen molar-refractivity contribution in [1.82, 2.24) is 5.32 Å². The van der Waals surface area contributed by atoms with E-state index in [9.17, 15) is 0 Å². The first-order valence-corrected chi connectivity index (χ1v) is 6.95. The van der Waals surface area contributed by atoms with Gasteiger partial charge in [0.2, 0.25) is 0 Å². The SMILES string of the molecule is CCC1(CNC(C)c2ccc(C)o2)CCCC1. The van der Waals surface area contributed by atoms with Gasteiger partial charge in [-0.15, -0.1) is 0 Å². The number of aryl methyl sites for hydroxylation is 1. The van der Waals surface area contributed by atoms with Crippen molar-refractivity contribution in [3.8, 4) is 0 Å². The van der Waals surface area contributed by atoms with Crippen molar-refractivity contribution in [2.75, 3.05) is 6.54 Å². The van der Waals surface area contributed by atoms with Crippen LogP contribution in [0.2, 0.25) is 0 Å². The largest absolute Gasteiger partial charge is 0.465 e. The van der Waals surface area contributed by atoms with E-state index in [1.54, 1.807) is 0 Å². The highest BCUT2D eigenvalue weighted by molar-refractivity contribution is 5.09. The van der Waals surface area contributed by atoms with E-state index in [0.717, 1.165) is 18.1 Å². The second-order valence-electron chi connectivity index (χ2n) is 5.61. The van der Waals surface area contributed by atoms with Crippen LogP contribution in [0, 0.1) is 12.3 Å². The average Bonchev–Trinajstić information content (AvgIpc) is 2.95. The van der Waals surface area contributed by atoms with Crippen molar-refractivity contribution in [3.63, 3.8) is 0 Å². The van der Waals surface area contributed by atoms with Crippen LogP contribution in [0.5, 0.6) is 0 Å². The summed E-state index contributed by atoms with van der Waals surface area (Å²) >= 11 is 0. The summed E-state index contributed by atoms with van der Waals surface area (Å²) in [6.45, 7) is 7.65. The molecule has 1 fully saturated rings. The lowest BCUT2D eigenvalue weighted by molar-refractivity contribution is 0.252. The topological polar surface area (TPSA) is 25.2 Å². The minimum atomic E-state index is 0.327.